The van der Waals surface area contributed by atoms with E-state index < -0.39 is 11.8 Å². The zero-order chi connectivity index (χ0) is 14.7. The lowest BCUT2D eigenvalue weighted by Gasteiger charge is -2.05. The molecule has 0 aliphatic heterocycles. The first-order valence-corrected chi connectivity index (χ1v) is 6.19. The Labute approximate surface area is 119 Å². The fraction of sp³-hybridized carbons (Fsp3) is 0.200. The van der Waals surface area contributed by atoms with Crippen molar-refractivity contribution in [2.75, 3.05) is 6.54 Å². The molecule has 7 nitrogen and oxygen atoms in total. The standard InChI is InChI=1S/C10H9BrF2N6O/c11-6-3-16-8(4-15-6)19-7(17-18-10(19)20)1-5(2-14)9(12)13/h3-4H,1-2,14H2,(H,18,20). The Morgan fingerprint density at radius 1 is 1.40 bits per heavy atom. The van der Waals surface area contributed by atoms with Crippen LogP contribution in [0.3, 0.4) is 0 Å². The molecule has 2 aromatic heterocycles. The molecule has 0 bridgehead atoms. The molecule has 0 aromatic carbocycles. The molecule has 0 saturated heterocycles. The van der Waals surface area contributed by atoms with Gasteiger partial charge in [-0.05, 0) is 15.9 Å². The van der Waals surface area contributed by atoms with Crippen molar-refractivity contribution in [2.45, 2.75) is 6.42 Å². The molecular formula is C10H9BrF2N6O. The molecule has 106 valence electrons. The van der Waals surface area contributed by atoms with Gasteiger partial charge in [-0.25, -0.2) is 24.4 Å². The van der Waals surface area contributed by atoms with Crippen LogP contribution < -0.4 is 11.4 Å². The van der Waals surface area contributed by atoms with E-state index in [9.17, 15) is 13.6 Å². The predicted octanol–water partition coefficient (Wildman–Crippen LogP) is 0.765. The quantitative estimate of drug-likeness (QED) is 0.850. The first kappa shape index (κ1) is 14.5. The van der Waals surface area contributed by atoms with E-state index in [1.54, 1.807) is 0 Å². The molecule has 0 radical (unpaired) electrons. The fourth-order valence-electron chi connectivity index (χ4n) is 1.51. The summed E-state index contributed by atoms with van der Waals surface area (Å²) in [5, 5.41) is 5.90. The minimum absolute atomic E-state index is 0.0832. The third-order valence-electron chi connectivity index (χ3n) is 2.46. The van der Waals surface area contributed by atoms with Gasteiger partial charge in [-0.3, -0.25) is 0 Å². The van der Waals surface area contributed by atoms with Crippen LogP contribution in [0.2, 0.25) is 0 Å². The lowest BCUT2D eigenvalue weighted by molar-refractivity contribution is 0.407. The third-order valence-corrected chi connectivity index (χ3v) is 2.87. The molecule has 2 heterocycles. The van der Waals surface area contributed by atoms with Crippen molar-refractivity contribution in [2.24, 2.45) is 5.73 Å². The number of nitrogens with two attached hydrogens (primary N) is 1. The molecule has 0 saturated carbocycles. The van der Waals surface area contributed by atoms with Gasteiger partial charge in [-0.2, -0.15) is 13.9 Å². The van der Waals surface area contributed by atoms with Gasteiger partial charge in [0.05, 0.1) is 12.4 Å². The van der Waals surface area contributed by atoms with Crippen LogP contribution in [-0.4, -0.2) is 31.3 Å². The average molecular weight is 347 g/mol. The first-order valence-electron chi connectivity index (χ1n) is 5.40. The number of rotatable bonds is 4. The summed E-state index contributed by atoms with van der Waals surface area (Å²) in [5.74, 6) is 0.262. The number of hydrogen-bond donors (Lipinski definition) is 2. The van der Waals surface area contributed by atoms with Crippen molar-refractivity contribution in [3.63, 3.8) is 0 Å². The van der Waals surface area contributed by atoms with Crippen LogP contribution in [0.25, 0.3) is 5.82 Å². The molecular weight excluding hydrogens is 338 g/mol. The Morgan fingerprint density at radius 2 is 2.15 bits per heavy atom. The maximum absolute atomic E-state index is 12.6. The minimum atomic E-state index is -1.88. The smallest absolute Gasteiger partial charge is 0.327 e. The van der Waals surface area contributed by atoms with E-state index in [1.807, 2.05) is 0 Å². The van der Waals surface area contributed by atoms with E-state index in [0.29, 0.717) is 4.60 Å². The molecule has 0 fully saturated rings. The van der Waals surface area contributed by atoms with Crippen LogP contribution >= 0.6 is 15.9 Å². The summed E-state index contributed by atoms with van der Waals surface area (Å²) in [4.78, 5) is 19.6. The largest absolute Gasteiger partial charge is 0.349 e. The van der Waals surface area contributed by atoms with Crippen LogP contribution in [-0.2, 0) is 6.42 Å². The molecule has 10 heteroatoms. The highest BCUT2D eigenvalue weighted by Gasteiger charge is 2.15. The Hall–Kier alpha value is -1.94. The van der Waals surface area contributed by atoms with E-state index in [1.165, 1.54) is 12.4 Å². The van der Waals surface area contributed by atoms with E-state index in [0.717, 1.165) is 4.57 Å². The molecule has 20 heavy (non-hydrogen) atoms. The summed E-state index contributed by atoms with van der Waals surface area (Å²) in [6, 6.07) is 0. The number of aromatic amines is 1. The van der Waals surface area contributed by atoms with Gasteiger partial charge in [0.15, 0.2) is 5.82 Å². The van der Waals surface area contributed by atoms with Crippen molar-refractivity contribution in [3.05, 3.63) is 45.0 Å². The van der Waals surface area contributed by atoms with Crippen molar-refractivity contribution < 1.29 is 8.78 Å². The van der Waals surface area contributed by atoms with E-state index in [-0.39, 0.29) is 30.2 Å². The van der Waals surface area contributed by atoms with Gasteiger partial charge in [-0.15, -0.1) is 0 Å². The van der Waals surface area contributed by atoms with Crippen LogP contribution in [0, 0.1) is 0 Å². The summed E-state index contributed by atoms with van der Waals surface area (Å²) in [6.45, 7) is -0.324. The van der Waals surface area contributed by atoms with Gasteiger partial charge in [0.25, 0.3) is 6.08 Å². The molecule has 2 aromatic rings. The fourth-order valence-corrected chi connectivity index (χ4v) is 1.72. The minimum Gasteiger partial charge on any atom is -0.327 e. The molecule has 0 spiro atoms. The molecule has 2 rings (SSSR count). The second-order valence-corrected chi connectivity index (χ2v) is 4.54. The normalized spacial score (nSPS) is 10.6. The molecule has 0 amide bonds. The van der Waals surface area contributed by atoms with E-state index in [2.05, 4.69) is 36.1 Å². The molecule has 0 aliphatic carbocycles. The number of hydrogen-bond acceptors (Lipinski definition) is 5. The third kappa shape index (κ3) is 2.96. The molecule has 0 unspecified atom stereocenters. The number of aromatic nitrogens is 5. The van der Waals surface area contributed by atoms with Gasteiger partial charge in [0.2, 0.25) is 0 Å². The van der Waals surface area contributed by atoms with Crippen LogP contribution in [0.15, 0.2) is 33.4 Å². The Balaban J connectivity index is 2.45. The highest BCUT2D eigenvalue weighted by atomic mass is 79.9. The van der Waals surface area contributed by atoms with Crippen molar-refractivity contribution in [1.29, 1.82) is 0 Å². The number of halogens is 3. The summed E-state index contributed by atoms with van der Waals surface area (Å²) in [6.07, 6.45) is 0.571. The lowest BCUT2D eigenvalue weighted by atomic mass is 10.2. The van der Waals surface area contributed by atoms with E-state index in [4.69, 9.17) is 5.73 Å². The number of H-pyrrole nitrogens is 1. The van der Waals surface area contributed by atoms with Gasteiger partial charge in [0, 0.05) is 18.5 Å². The van der Waals surface area contributed by atoms with Crippen LogP contribution in [0.5, 0.6) is 0 Å². The Bertz CT molecular complexity index is 689. The lowest BCUT2D eigenvalue weighted by Crippen LogP contribution is -2.19. The number of nitrogens with one attached hydrogen (secondary N) is 1. The van der Waals surface area contributed by atoms with Gasteiger partial charge in [0.1, 0.15) is 10.4 Å². The van der Waals surface area contributed by atoms with E-state index >= 15 is 0 Å². The van der Waals surface area contributed by atoms with Gasteiger partial charge >= 0.3 is 5.69 Å². The molecule has 3 N–H and O–H groups in total. The average Bonchev–Trinajstić information content (AvgIpc) is 2.78. The SMILES string of the molecule is NCC(Cc1n[nH]c(=O)n1-c1cnc(Br)cn1)=C(F)F. The maximum Gasteiger partial charge on any atom is 0.349 e. The second-order valence-electron chi connectivity index (χ2n) is 3.72. The Kier molecular flexibility index (Phi) is 4.35. The van der Waals surface area contributed by atoms with Crippen molar-refractivity contribution in [1.82, 2.24) is 24.7 Å². The van der Waals surface area contributed by atoms with Crippen LogP contribution in [0.4, 0.5) is 8.78 Å². The van der Waals surface area contributed by atoms with Crippen molar-refractivity contribution in [3.8, 4) is 5.82 Å². The zero-order valence-corrected chi connectivity index (χ0v) is 11.6. The highest BCUT2D eigenvalue weighted by molar-refractivity contribution is 9.10. The maximum atomic E-state index is 12.6. The molecule has 0 atom stereocenters. The first-order chi connectivity index (χ1) is 9.52. The number of nitrogens with zero attached hydrogens (tertiary/aromatic N) is 4. The zero-order valence-electron chi connectivity index (χ0n) is 9.98. The highest BCUT2D eigenvalue weighted by Crippen LogP contribution is 2.13. The summed E-state index contributed by atoms with van der Waals surface area (Å²) >= 11 is 3.11. The van der Waals surface area contributed by atoms with Gasteiger partial charge in [-0.1, -0.05) is 0 Å². The molecule has 0 aliphatic rings. The van der Waals surface area contributed by atoms with Gasteiger partial charge < -0.3 is 5.73 Å². The van der Waals surface area contributed by atoms with Crippen molar-refractivity contribution >= 4 is 15.9 Å². The summed E-state index contributed by atoms with van der Waals surface area (Å²) in [7, 11) is 0. The predicted molar refractivity (Wildman–Crippen MR) is 69.5 cm³/mol. The monoisotopic (exact) mass is 346 g/mol. The topological polar surface area (TPSA) is 102 Å². The van der Waals surface area contributed by atoms with Crippen LogP contribution in [0.1, 0.15) is 5.82 Å². The second kappa shape index (κ2) is 6.01. The Morgan fingerprint density at radius 3 is 2.70 bits per heavy atom. The summed E-state index contributed by atoms with van der Waals surface area (Å²) < 4.78 is 26.8. The summed E-state index contributed by atoms with van der Waals surface area (Å²) in [5.41, 5.74) is 4.35.